The summed E-state index contributed by atoms with van der Waals surface area (Å²) >= 11 is 1.55. The van der Waals surface area contributed by atoms with Gasteiger partial charge in [0.25, 0.3) is 0 Å². The van der Waals surface area contributed by atoms with Gasteiger partial charge in [-0.2, -0.15) is 0 Å². The average molecular weight is 344 g/mol. The van der Waals surface area contributed by atoms with Gasteiger partial charge in [0.05, 0.1) is 24.7 Å². The molecule has 0 spiro atoms. The number of pyridine rings is 1. The van der Waals surface area contributed by atoms with Crippen LogP contribution < -0.4 is 0 Å². The fraction of sp³-hybridized carbons (Fsp3) is 0.412. The zero-order valence-electron chi connectivity index (χ0n) is 13.8. The molecule has 1 fully saturated rings. The monoisotopic (exact) mass is 344 g/mol. The number of likely N-dealkylation sites (tertiary alicyclic amines) is 1. The molecule has 24 heavy (non-hydrogen) atoms. The SMILES string of the molecule is Cc1csc(CN(C)C(=O)[C@@H]2CC(=O)N(Cc3ccccn3)C2)n1. The Labute approximate surface area is 145 Å². The first-order valence-corrected chi connectivity index (χ1v) is 8.74. The predicted octanol–water partition coefficient (Wildman–Crippen LogP) is 1.85. The maximum absolute atomic E-state index is 12.6. The highest BCUT2D eigenvalue weighted by Crippen LogP contribution is 2.22. The lowest BCUT2D eigenvalue weighted by Gasteiger charge is -2.20. The summed E-state index contributed by atoms with van der Waals surface area (Å²) in [7, 11) is 1.77. The minimum absolute atomic E-state index is 0.000256. The largest absolute Gasteiger partial charge is 0.339 e. The fourth-order valence-electron chi connectivity index (χ4n) is 2.85. The van der Waals surface area contributed by atoms with Crippen molar-refractivity contribution in [3.63, 3.8) is 0 Å². The van der Waals surface area contributed by atoms with Crippen LogP contribution in [0.1, 0.15) is 22.8 Å². The third-order valence-electron chi connectivity index (χ3n) is 4.06. The van der Waals surface area contributed by atoms with Gasteiger partial charge in [-0.3, -0.25) is 14.6 Å². The summed E-state index contributed by atoms with van der Waals surface area (Å²) in [4.78, 5) is 36.8. The lowest BCUT2D eigenvalue weighted by molar-refractivity contribution is -0.135. The molecule has 0 aromatic carbocycles. The minimum atomic E-state index is -0.285. The third-order valence-corrected chi connectivity index (χ3v) is 5.01. The molecule has 3 rings (SSSR count). The molecular formula is C17H20N4O2S. The van der Waals surface area contributed by atoms with Gasteiger partial charge in [0.1, 0.15) is 5.01 Å². The molecule has 0 bridgehead atoms. The topological polar surface area (TPSA) is 66.4 Å². The molecule has 1 saturated heterocycles. The zero-order chi connectivity index (χ0) is 17.1. The van der Waals surface area contributed by atoms with Crippen molar-refractivity contribution in [2.75, 3.05) is 13.6 Å². The predicted molar refractivity (Wildman–Crippen MR) is 91.1 cm³/mol. The number of aryl methyl sites for hydroxylation is 1. The molecule has 126 valence electrons. The molecule has 2 amide bonds. The first-order valence-electron chi connectivity index (χ1n) is 7.86. The zero-order valence-corrected chi connectivity index (χ0v) is 14.6. The highest BCUT2D eigenvalue weighted by atomic mass is 32.1. The number of carbonyl (C=O) groups excluding carboxylic acids is 2. The number of amides is 2. The van der Waals surface area contributed by atoms with E-state index in [1.807, 2.05) is 30.5 Å². The smallest absolute Gasteiger partial charge is 0.228 e. The second-order valence-corrected chi connectivity index (χ2v) is 7.02. The summed E-state index contributed by atoms with van der Waals surface area (Å²) in [6.45, 7) is 3.34. The number of thiazole rings is 1. The quantitative estimate of drug-likeness (QED) is 0.830. The summed E-state index contributed by atoms with van der Waals surface area (Å²) in [5, 5.41) is 2.89. The van der Waals surface area contributed by atoms with Gasteiger partial charge in [-0.05, 0) is 19.1 Å². The van der Waals surface area contributed by atoms with Gasteiger partial charge in [-0.15, -0.1) is 11.3 Å². The first kappa shape index (κ1) is 16.6. The molecule has 7 heteroatoms. The molecule has 0 N–H and O–H groups in total. The molecule has 2 aromatic rings. The standard InChI is InChI=1S/C17H20N4O2S/c1-12-11-24-15(19-12)10-20(2)17(23)13-7-16(22)21(8-13)9-14-5-3-4-6-18-14/h3-6,11,13H,7-10H2,1-2H3/t13-/m1/s1. The van der Waals surface area contributed by atoms with Crippen LogP contribution >= 0.6 is 11.3 Å². The van der Waals surface area contributed by atoms with Crippen LogP contribution in [0.25, 0.3) is 0 Å². The van der Waals surface area contributed by atoms with Crippen molar-refractivity contribution in [1.82, 2.24) is 19.8 Å². The van der Waals surface area contributed by atoms with E-state index < -0.39 is 0 Å². The van der Waals surface area contributed by atoms with Gasteiger partial charge < -0.3 is 9.80 Å². The van der Waals surface area contributed by atoms with Gasteiger partial charge >= 0.3 is 0 Å². The van der Waals surface area contributed by atoms with Crippen molar-refractivity contribution in [3.8, 4) is 0 Å². The Kier molecular flexibility index (Phi) is 4.89. The number of hydrogen-bond acceptors (Lipinski definition) is 5. The van der Waals surface area contributed by atoms with E-state index in [-0.39, 0.29) is 24.2 Å². The Morgan fingerprint density at radius 1 is 1.46 bits per heavy atom. The molecular weight excluding hydrogens is 324 g/mol. The lowest BCUT2D eigenvalue weighted by atomic mass is 10.1. The van der Waals surface area contributed by atoms with E-state index in [0.717, 1.165) is 16.4 Å². The van der Waals surface area contributed by atoms with Crippen LogP contribution in [-0.4, -0.2) is 45.2 Å². The number of nitrogens with zero attached hydrogens (tertiary/aromatic N) is 4. The van der Waals surface area contributed by atoms with Crippen molar-refractivity contribution >= 4 is 23.2 Å². The Morgan fingerprint density at radius 3 is 2.96 bits per heavy atom. The van der Waals surface area contributed by atoms with E-state index >= 15 is 0 Å². The molecule has 0 unspecified atom stereocenters. The van der Waals surface area contributed by atoms with E-state index in [4.69, 9.17) is 0 Å². The molecule has 2 aromatic heterocycles. The van der Waals surface area contributed by atoms with Crippen LogP contribution in [0.2, 0.25) is 0 Å². The number of rotatable bonds is 5. The Hall–Kier alpha value is -2.28. The summed E-state index contributed by atoms with van der Waals surface area (Å²) in [6, 6.07) is 5.63. The maximum atomic E-state index is 12.6. The molecule has 3 heterocycles. The Balaban J connectivity index is 1.59. The first-order chi connectivity index (χ1) is 11.5. The van der Waals surface area contributed by atoms with E-state index in [9.17, 15) is 9.59 Å². The van der Waals surface area contributed by atoms with Crippen molar-refractivity contribution < 1.29 is 9.59 Å². The van der Waals surface area contributed by atoms with E-state index in [1.54, 1.807) is 34.4 Å². The third kappa shape index (κ3) is 3.79. The second-order valence-electron chi connectivity index (χ2n) is 6.07. The average Bonchev–Trinajstić information content (AvgIpc) is 3.14. The number of carbonyl (C=O) groups is 2. The molecule has 1 atom stereocenters. The summed E-state index contributed by atoms with van der Waals surface area (Å²) < 4.78 is 0. The summed E-state index contributed by atoms with van der Waals surface area (Å²) in [6.07, 6.45) is 1.98. The highest BCUT2D eigenvalue weighted by molar-refractivity contribution is 7.09. The molecule has 0 saturated carbocycles. The van der Waals surface area contributed by atoms with Crippen LogP contribution in [0.4, 0.5) is 0 Å². The van der Waals surface area contributed by atoms with Crippen molar-refractivity contribution in [1.29, 1.82) is 0 Å². The van der Waals surface area contributed by atoms with Crippen molar-refractivity contribution in [2.24, 2.45) is 5.92 Å². The summed E-state index contributed by atoms with van der Waals surface area (Å²) in [5.41, 5.74) is 1.80. The van der Waals surface area contributed by atoms with Gasteiger partial charge in [0.15, 0.2) is 0 Å². The van der Waals surface area contributed by atoms with Gasteiger partial charge in [0, 0.05) is 37.3 Å². The van der Waals surface area contributed by atoms with Gasteiger partial charge in [-0.25, -0.2) is 4.98 Å². The Bertz CT molecular complexity index is 731. The van der Waals surface area contributed by atoms with Crippen LogP contribution in [0, 0.1) is 12.8 Å². The Morgan fingerprint density at radius 2 is 2.29 bits per heavy atom. The fourth-order valence-corrected chi connectivity index (χ4v) is 3.67. The minimum Gasteiger partial charge on any atom is -0.339 e. The highest BCUT2D eigenvalue weighted by Gasteiger charge is 2.35. The van der Waals surface area contributed by atoms with Crippen LogP contribution in [0.15, 0.2) is 29.8 Å². The van der Waals surface area contributed by atoms with Gasteiger partial charge in [-0.1, -0.05) is 6.07 Å². The number of hydrogen-bond donors (Lipinski definition) is 0. The van der Waals surface area contributed by atoms with E-state index in [2.05, 4.69) is 9.97 Å². The number of aromatic nitrogens is 2. The molecule has 1 aliphatic rings. The van der Waals surface area contributed by atoms with Crippen molar-refractivity contribution in [3.05, 3.63) is 46.2 Å². The molecule has 1 aliphatic heterocycles. The van der Waals surface area contributed by atoms with Crippen LogP contribution in [0.3, 0.4) is 0 Å². The van der Waals surface area contributed by atoms with Gasteiger partial charge in [0.2, 0.25) is 11.8 Å². The molecule has 0 radical (unpaired) electrons. The normalized spacial score (nSPS) is 17.3. The lowest BCUT2D eigenvalue weighted by Crippen LogP contribution is -2.34. The molecule has 0 aliphatic carbocycles. The van der Waals surface area contributed by atoms with E-state index in [0.29, 0.717) is 19.6 Å². The van der Waals surface area contributed by atoms with Crippen LogP contribution in [0.5, 0.6) is 0 Å². The van der Waals surface area contributed by atoms with Crippen LogP contribution in [-0.2, 0) is 22.7 Å². The van der Waals surface area contributed by atoms with E-state index in [1.165, 1.54) is 0 Å². The maximum Gasteiger partial charge on any atom is 0.228 e. The molecule has 6 nitrogen and oxygen atoms in total. The summed E-state index contributed by atoms with van der Waals surface area (Å²) in [5.74, 6) is -0.274. The second kappa shape index (κ2) is 7.09. The van der Waals surface area contributed by atoms with Crippen molar-refractivity contribution in [2.45, 2.75) is 26.4 Å².